The summed E-state index contributed by atoms with van der Waals surface area (Å²) in [6.45, 7) is 2.17. The summed E-state index contributed by atoms with van der Waals surface area (Å²) in [7, 11) is 0. The Morgan fingerprint density at radius 3 is 2.74 bits per heavy atom. The largest absolute Gasteiger partial charge is 0.488 e. The lowest BCUT2D eigenvalue weighted by atomic mass is 10.1. The van der Waals surface area contributed by atoms with E-state index in [9.17, 15) is 13.6 Å². The first-order valence-corrected chi connectivity index (χ1v) is 9.13. The molecule has 0 saturated carbocycles. The number of ether oxygens (including phenoxy) is 2. The van der Waals surface area contributed by atoms with Crippen molar-refractivity contribution in [3.05, 3.63) is 63.8 Å². The molecule has 3 aromatic rings. The smallest absolute Gasteiger partial charge is 0.310 e. The normalized spacial score (nSPS) is 11.1. The predicted octanol–water partition coefficient (Wildman–Crippen LogP) is 5.82. The van der Waals surface area contributed by atoms with Gasteiger partial charge in [-0.1, -0.05) is 34.1 Å². The Morgan fingerprint density at radius 1 is 1.22 bits per heavy atom. The van der Waals surface area contributed by atoms with Gasteiger partial charge in [0, 0.05) is 21.0 Å². The van der Waals surface area contributed by atoms with Crippen molar-refractivity contribution in [1.82, 2.24) is 0 Å². The topological polar surface area (TPSA) is 48.7 Å². The van der Waals surface area contributed by atoms with Crippen molar-refractivity contribution in [2.45, 2.75) is 26.4 Å². The van der Waals surface area contributed by atoms with E-state index in [0.29, 0.717) is 33.3 Å². The lowest BCUT2D eigenvalue weighted by Gasteiger charge is -2.11. The minimum absolute atomic E-state index is 0.0945. The van der Waals surface area contributed by atoms with E-state index in [-0.39, 0.29) is 30.1 Å². The summed E-state index contributed by atoms with van der Waals surface area (Å²) in [6, 6.07) is 10.2. The van der Waals surface area contributed by atoms with Crippen molar-refractivity contribution in [2.24, 2.45) is 0 Å². The number of furan rings is 1. The molecule has 142 valence electrons. The number of hydrogen-bond acceptors (Lipinski definition) is 4. The second kappa shape index (κ2) is 8.52. The van der Waals surface area contributed by atoms with Gasteiger partial charge in [-0.15, -0.1) is 0 Å². The summed E-state index contributed by atoms with van der Waals surface area (Å²) >= 11 is 3.25. The average Bonchev–Trinajstić information content (AvgIpc) is 3.03. The number of halogens is 3. The van der Waals surface area contributed by atoms with Crippen molar-refractivity contribution in [1.29, 1.82) is 0 Å². The number of carbonyl (C=O) groups excluding carboxylic acids is 1. The fourth-order valence-corrected chi connectivity index (χ4v) is 3.24. The average molecular weight is 439 g/mol. The summed E-state index contributed by atoms with van der Waals surface area (Å²) in [5.74, 6) is 0.191. The Kier molecular flexibility index (Phi) is 6.11. The summed E-state index contributed by atoms with van der Waals surface area (Å²) in [6.07, 6.45) is -1.14. The Hall–Kier alpha value is -2.41. The van der Waals surface area contributed by atoms with Gasteiger partial charge >= 0.3 is 5.97 Å². The van der Waals surface area contributed by atoms with Crippen molar-refractivity contribution in [3.8, 4) is 5.75 Å². The SMILES string of the molecule is CCOC(=O)Cc1ccccc1OCc1coc2c(C(F)F)cc(Br)cc12. The van der Waals surface area contributed by atoms with Crippen molar-refractivity contribution in [2.75, 3.05) is 6.61 Å². The van der Waals surface area contributed by atoms with Crippen molar-refractivity contribution in [3.63, 3.8) is 0 Å². The number of alkyl halides is 2. The van der Waals surface area contributed by atoms with Gasteiger partial charge in [-0.2, -0.15) is 0 Å². The third-order valence-electron chi connectivity index (χ3n) is 3.98. The van der Waals surface area contributed by atoms with Crippen molar-refractivity contribution >= 4 is 32.9 Å². The summed E-state index contributed by atoms with van der Waals surface area (Å²) in [5.41, 5.74) is 1.30. The van der Waals surface area contributed by atoms with Gasteiger partial charge in [0.1, 0.15) is 17.9 Å². The molecule has 1 heterocycles. The molecule has 0 unspecified atom stereocenters. The van der Waals surface area contributed by atoms with Crippen LogP contribution in [0.4, 0.5) is 8.78 Å². The van der Waals surface area contributed by atoms with Crippen molar-refractivity contribution < 1.29 is 27.5 Å². The van der Waals surface area contributed by atoms with Crippen LogP contribution in [0.2, 0.25) is 0 Å². The van der Waals surface area contributed by atoms with Crippen LogP contribution in [0.1, 0.15) is 30.0 Å². The minimum Gasteiger partial charge on any atom is -0.488 e. The highest BCUT2D eigenvalue weighted by Gasteiger charge is 2.18. The van der Waals surface area contributed by atoms with Gasteiger partial charge in [-0.25, -0.2) is 8.78 Å². The standard InChI is InChI=1S/C20H17BrF2O4/c1-2-25-18(24)7-12-5-3-4-6-17(12)26-10-13-11-27-19-15(13)8-14(21)9-16(19)20(22)23/h3-6,8-9,11,20H,2,7,10H2,1H3. The Bertz CT molecular complexity index is 952. The van der Waals surface area contributed by atoms with E-state index in [0.717, 1.165) is 0 Å². The molecule has 2 aromatic carbocycles. The van der Waals surface area contributed by atoms with E-state index in [1.807, 2.05) is 0 Å². The summed E-state index contributed by atoms with van der Waals surface area (Å²) in [4.78, 5) is 11.7. The number of benzene rings is 2. The molecule has 3 rings (SSSR count). The third kappa shape index (κ3) is 4.47. The summed E-state index contributed by atoms with van der Waals surface area (Å²) < 4.78 is 43.1. The van der Waals surface area contributed by atoms with E-state index in [1.165, 1.54) is 12.3 Å². The lowest BCUT2D eigenvalue weighted by molar-refractivity contribution is -0.142. The van der Waals surface area contributed by atoms with Crippen LogP contribution in [-0.4, -0.2) is 12.6 Å². The monoisotopic (exact) mass is 438 g/mol. The van der Waals surface area contributed by atoms with E-state index >= 15 is 0 Å². The van der Waals surface area contributed by atoms with Gasteiger partial charge in [0.25, 0.3) is 6.43 Å². The molecule has 1 aromatic heterocycles. The highest BCUT2D eigenvalue weighted by Crippen LogP contribution is 2.34. The second-order valence-electron chi connectivity index (χ2n) is 5.81. The van der Waals surface area contributed by atoms with Gasteiger partial charge in [0.2, 0.25) is 0 Å². The zero-order valence-corrected chi connectivity index (χ0v) is 16.1. The van der Waals surface area contributed by atoms with Crippen LogP contribution in [0.15, 0.2) is 51.6 Å². The van der Waals surface area contributed by atoms with Crippen LogP contribution >= 0.6 is 15.9 Å². The van der Waals surface area contributed by atoms with E-state index in [4.69, 9.17) is 13.9 Å². The van der Waals surface area contributed by atoms with Crippen LogP contribution < -0.4 is 4.74 Å². The predicted molar refractivity (Wildman–Crippen MR) is 100.0 cm³/mol. The molecule has 27 heavy (non-hydrogen) atoms. The van der Waals surface area contributed by atoms with Crippen LogP contribution in [-0.2, 0) is 22.6 Å². The summed E-state index contributed by atoms with van der Waals surface area (Å²) in [5, 5.41) is 0.558. The maximum absolute atomic E-state index is 13.2. The molecule has 0 bridgehead atoms. The second-order valence-corrected chi connectivity index (χ2v) is 6.73. The molecule has 4 nitrogen and oxygen atoms in total. The van der Waals surface area contributed by atoms with E-state index in [1.54, 1.807) is 37.3 Å². The Morgan fingerprint density at radius 2 is 2.00 bits per heavy atom. The third-order valence-corrected chi connectivity index (χ3v) is 4.44. The molecule has 0 amide bonds. The molecule has 0 saturated heterocycles. The number of esters is 1. The van der Waals surface area contributed by atoms with Gasteiger partial charge in [0.05, 0.1) is 24.9 Å². The molecule has 7 heteroatoms. The zero-order valence-electron chi connectivity index (χ0n) is 14.5. The van der Waals surface area contributed by atoms with Crippen LogP contribution in [0.5, 0.6) is 5.75 Å². The number of hydrogen-bond donors (Lipinski definition) is 0. The van der Waals surface area contributed by atoms with Crippen LogP contribution in [0, 0.1) is 0 Å². The first-order valence-electron chi connectivity index (χ1n) is 8.33. The van der Waals surface area contributed by atoms with Gasteiger partial charge in [-0.3, -0.25) is 4.79 Å². The maximum atomic E-state index is 13.2. The fraction of sp³-hybridized carbons (Fsp3) is 0.250. The zero-order chi connectivity index (χ0) is 19.4. The number of para-hydroxylation sites is 1. The number of carbonyl (C=O) groups is 1. The molecular weight excluding hydrogens is 422 g/mol. The molecule has 0 atom stereocenters. The molecule has 0 aliphatic carbocycles. The van der Waals surface area contributed by atoms with Gasteiger partial charge in [-0.05, 0) is 25.1 Å². The molecule has 0 aliphatic heterocycles. The van der Waals surface area contributed by atoms with E-state index < -0.39 is 6.43 Å². The van der Waals surface area contributed by atoms with E-state index in [2.05, 4.69) is 15.9 Å². The van der Waals surface area contributed by atoms with Gasteiger partial charge in [0.15, 0.2) is 0 Å². The highest BCUT2D eigenvalue weighted by atomic mass is 79.9. The fourth-order valence-electron chi connectivity index (χ4n) is 2.77. The lowest BCUT2D eigenvalue weighted by Crippen LogP contribution is -2.09. The molecular formula is C20H17BrF2O4. The maximum Gasteiger partial charge on any atom is 0.310 e. The Labute approximate surface area is 163 Å². The number of rotatable bonds is 7. The number of fused-ring (bicyclic) bond motifs is 1. The van der Waals surface area contributed by atoms with Crippen LogP contribution in [0.25, 0.3) is 11.0 Å². The Balaban J connectivity index is 1.83. The van der Waals surface area contributed by atoms with Gasteiger partial charge < -0.3 is 13.9 Å². The van der Waals surface area contributed by atoms with Crippen LogP contribution in [0.3, 0.4) is 0 Å². The molecule has 0 fully saturated rings. The minimum atomic E-state index is -2.64. The molecule has 0 aliphatic rings. The molecule has 0 spiro atoms. The molecule has 0 radical (unpaired) electrons. The first kappa shape index (κ1) is 19.4. The molecule has 0 N–H and O–H groups in total. The first-order chi connectivity index (χ1) is 13.0. The quantitative estimate of drug-likeness (QED) is 0.436. The highest BCUT2D eigenvalue weighted by molar-refractivity contribution is 9.10.